The molecule has 0 saturated heterocycles. The number of carbonyl (C=O) groups excluding carboxylic acids is 2. The lowest BCUT2D eigenvalue weighted by Gasteiger charge is -2.15. The number of amides is 2. The summed E-state index contributed by atoms with van der Waals surface area (Å²) in [6.45, 7) is 4.35. The van der Waals surface area contributed by atoms with E-state index in [4.69, 9.17) is 15.2 Å². The Morgan fingerprint density at radius 2 is 1.95 bits per heavy atom. The zero-order valence-corrected chi connectivity index (χ0v) is 12.9. The second kappa shape index (κ2) is 13.6. The molecule has 0 spiro atoms. The van der Waals surface area contributed by atoms with E-state index in [1.54, 1.807) is 7.11 Å². The van der Waals surface area contributed by atoms with Crippen molar-refractivity contribution in [1.29, 1.82) is 0 Å². The van der Waals surface area contributed by atoms with Gasteiger partial charge in [-0.1, -0.05) is 25.3 Å². The van der Waals surface area contributed by atoms with Crippen LogP contribution in [0.5, 0.6) is 0 Å². The highest BCUT2D eigenvalue weighted by atomic mass is 16.5. The van der Waals surface area contributed by atoms with Crippen LogP contribution in [0.25, 0.3) is 0 Å². The van der Waals surface area contributed by atoms with Gasteiger partial charge in [-0.25, -0.2) is 0 Å². The zero-order chi connectivity index (χ0) is 15.9. The number of primary amides is 1. The lowest BCUT2D eigenvalue weighted by molar-refractivity contribution is -0.130. The minimum absolute atomic E-state index is 0.0908. The van der Waals surface area contributed by atoms with Gasteiger partial charge in [-0.15, -0.1) is 6.58 Å². The van der Waals surface area contributed by atoms with E-state index in [2.05, 4.69) is 11.9 Å². The molecule has 0 aromatic heterocycles. The normalized spacial score (nSPS) is 11.9. The summed E-state index contributed by atoms with van der Waals surface area (Å²) in [5.74, 6) is -0.840. The molecule has 0 saturated carbocycles. The molecule has 6 heteroatoms. The van der Waals surface area contributed by atoms with Crippen LogP contribution in [0.1, 0.15) is 38.5 Å². The fourth-order valence-corrected chi connectivity index (χ4v) is 1.82. The molecular weight excluding hydrogens is 272 g/mol. The average Bonchev–Trinajstić information content (AvgIpc) is 2.45. The first-order chi connectivity index (χ1) is 10.1. The van der Waals surface area contributed by atoms with Gasteiger partial charge in [-0.05, 0) is 19.3 Å². The molecule has 0 aliphatic heterocycles. The van der Waals surface area contributed by atoms with Crippen molar-refractivity contribution in [3.05, 3.63) is 12.7 Å². The van der Waals surface area contributed by atoms with E-state index in [-0.39, 0.29) is 12.5 Å². The van der Waals surface area contributed by atoms with Gasteiger partial charge in [0.05, 0.1) is 13.2 Å². The Hall–Kier alpha value is -1.40. The lowest BCUT2D eigenvalue weighted by atomic mass is 10.1. The van der Waals surface area contributed by atoms with E-state index in [1.807, 2.05) is 6.08 Å². The maximum absolute atomic E-state index is 11.6. The molecule has 122 valence electrons. The number of methoxy groups -OCH3 is 1. The minimum atomic E-state index is -0.622. The van der Waals surface area contributed by atoms with Crippen molar-refractivity contribution in [3.8, 4) is 0 Å². The van der Waals surface area contributed by atoms with Gasteiger partial charge in [0.25, 0.3) is 0 Å². The van der Waals surface area contributed by atoms with E-state index in [9.17, 15) is 9.59 Å². The van der Waals surface area contributed by atoms with Gasteiger partial charge in [0.2, 0.25) is 11.8 Å². The number of carbonyl (C=O) groups is 2. The number of rotatable bonds is 14. The summed E-state index contributed by atoms with van der Waals surface area (Å²) in [6.07, 6.45) is 7.53. The Bertz CT molecular complexity index is 308. The van der Waals surface area contributed by atoms with Gasteiger partial charge < -0.3 is 20.5 Å². The third-order valence-electron chi connectivity index (χ3n) is 2.99. The maximum atomic E-state index is 11.6. The number of hydrogen-bond donors (Lipinski definition) is 2. The lowest BCUT2D eigenvalue weighted by Crippen LogP contribution is -2.45. The predicted octanol–water partition coefficient (Wildman–Crippen LogP) is 1.15. The molecule has 2 amide bonds. The van der Waals surface area contributed by atoms with Crippen molar-refractivity contribution in [3.63, 3.8) is 0 Å². The summed E-state index contributed by atoms with van der Waals surface area (Å²) in [5, 5.41) is 2.60. The summed E-state index contributed by atoms with van der Waals surface area (Å²) in [4.78, 5) is 22.9. The van der Waals surface area contributed by atoms with E-state index < -0.39 is 11.9 Å². The van der Waals surface area contributed by atoms with Crippen LogP contribution in [0.15, 0.2) is 12.7 Å². The number of nitrogens with two attached hydrogens (primary N) is 1. The maximum Gasteiger partial charge on any atom is 0.246 e. The Labute approximate surface area is 127 Å². The molecule has 1 atom stereocenters. The van der Waals surface area contributed by atoms with Crippen molar-refractivity contribution < 1.29 is 19.1 Å². The highest BCUT2D eigenvalue weighted by molar-refractivity contribution is 5.86. The molecule has 0 bridgehead atoms. The fraction of sp³-hybridized carbons (Fsp3) is 0.733. The monoisotopic (exact) mass is 300 g/mol. The highest BCUT2D eigenvalue weighted by Crippen LogP contribution is 2.07. The number of ether oxygens (including phenoxy) is 2. The van der Waals surface area contributed by atoms with Crippen LogP contribution in [0.2, 0.25) is 0 Å². The molecule has 0 fully saturated rings. The summed E-state index contributed by atoms with van der Waals surface area (Å²) in [7, 11) is 1.56. The molecule has 0 unspecified atom stereocenters. The van der Waals surface area contributed by atoms with Gasteiger partial charge in [0.15, 0.2) is 0 Å². The summed E-state index contributed by atoms with van der Waals surface area (Å²) < 4.78 is 9.89. The van der Waals surface area contributed by atoms with Gasteiger partial charge in [-0.2, -0.15) is 0 Å². The molecule has 0 rings (SSSR count). The van der Waals surface area contributed by atoms with E-state index in [0.29, 0.717) is 19.6 Å². The SMILES string of the molecule is C=CCCCCCC[C@H](NC(=O)COCCOC)C(N)=O. The van der Waals surface area contributed by atoms with Crippen LogP contribution >= 0.6 is 0 Å². The molecule has 0 aliphatic carbocycles. The van der Waals surface area contributed by atoms with Crippen molar-refractivity contribution in [2.24, 2.45) is 5.73 Å². The predicted molar refractivity (Wildman–Crippen MR) is 81.7 cm³/mol. The van der Waals surface area contributed by atoms with E-state index in [1.165, 1.54) is 0 Å². The van der Waals surface area contributed by atoms with Crippen LogP contribution in [0.3, 0.4) is 0 Å². The molecule has 0 aromatic rings. The molecule has 0 radical (unpaired) electrons. The number of nitrogens with one attached hydrogen (secondary N) is 1. The number of allylic oxidation sites excluding steroid dienone is 1. The van der Waals surface area contributed by atoms with E-state index >= 15 is 0 Å². The quantitative estimate of drug-likeness (QED) is 0.372. The molecule has 0 heterocycles. The minimum Gasteiger partial charge on any atom is -0.382 e. The first kappa shape index (κ1) is 19.6. The van der Waals surface area contributed by atoms with Crippen LogP contribution in [0.4, 0.5) is 0 Å². The van der Waals surface area contributed by atoms with Crippen molar-refractivity contribution in [2.75, 3.05) is 26.9 Å². The first-order valence-electron chi connectivity index (χ1n) is 7.38. The van der Waals surface area contributed by atoms with E-state index in [0.717, 1.165) is 32.1 Å². The van der Waals surface area contributed by atoms with Crippen LogP contribution < -0.4 is 11.1 Å². The van der Waals surface area contributed by atoms with Crippen molar-refractivity contribution in [2.45, 2.75) is 44.6 Å². The molecular formula is C15H28N2O4. The van der Waals surface area contributed by atoms with Crippen molar-refractivity contribution >= 4 is 11.8 Å². The van der Waals surface area contributed by atoms with Gasteiger partial charge >= 0.3 is 0 Å². The van der Waals surface area contributed by atoms with Gasteiger partial charge in [0.1, 0.15) is 12.6 Å². The Morgan fingerprint density at radius 3 is 2.57 bits per heavy atom. The van der Waals surface area contributed by atoms with Gasteiger partial charge in [-0.3, -0.25) is 9.59 Å². The summed E-state index contributed by atoms with van der Waals surface area (Å²) >= 11 is 0. The average molecular weight is 300 g/mol. The molecule has 0 aliphatic rings. The topological polar surface area (TPSA) is 90.7 Å². The molecule has 21 heavy (non-hydrogen) atoms. The fourth-order valence-electron chi connectivity index (χ4n) is 1.82. The van der Waals surface area contributed by atoms with Crippen molar-refractivity contribution in [1.82, 2.24) is 5.32 Å². The Kier molecular flexibility index (Phi) is 12.7. The van der Waals surface area contributed by atoms with Gasteiger partial charge in [0, 0.05) is 7.11 Å². The number of unbranched alkanes of at least 4 members (excludes halogenated alkanes) is 4. The molecule has 6 nitrogen and oxygen atoms in total. The second-order valence-corrected chi connectivity index (χ2v) is 4.85. The Morgan fingerprint density at radius 1 is 1.24 bits per heavy atom. The number of hydrogen-bond acceptors (Lipinski definition) is 4. The summed E-state index contributed by atoms with van der Waals surface area (Å²) in [6, 6.07) is -0.622. The largest absolute Gasteiger partial charge is 0.382 e. The van der Waals surface area contributed by atoms with Crippen LogP contribution in [-0.2, 0) is 19.1 Å². The molecule has 0 aromatic carbocycles. The zero-order valence-electron chi connectivity index (χ0n) is 12.9. The summed E-state index contributed by atoms with van der Waals surface area (Å²) in [5.41, 5.74) is 5.30. The Balaban J connectivity index is 3.82. The first-order valence-corrected chi connectivity index (χ1v) is 7.38. The third kappa shape index (κ3) is 12.1. The smallest absolute Gasteiger partial charge is 0.246 e. The van der Waals surface area contributed by atoms with Crippen LogP contribution in [-0.4, -0.2) is 44.8 Å². The molecule has 3 N–H and O–H groups in total. The van der Waals surface area contributed by atoms with Crippen LogP contribution in [0, 0.1) is 0 Å². The third-order valence-corrected chi connectivity index (χ3v) is 2.99. The standard InChI is InChI=1S/C15H28N2O4/c1-3-4-5-6-7-8-9-13(15(16)19)17-14(18)12-21-11-10-20-2/h3,13H,1,4-12H2,2H3,(H2,16,19)(H,17,18)/t13-/m0/s1. The second-order valence-electron chi connectivity index (χ2n) is 4.85. The highest BCUT2D eigenvalue weighted by Gasteiger charge is 2.17.